The molecule has 0 atom stereocenters. The van der Waals surface area contributed by atoms with Gasteiger partial charge in [0.05, 0.1) is 12.6 Å². The van der Waals surface area contributed by atoms with Gasteiger partial charge in [-0.15, -0.1) is 0 Å². The molecule has 21 heavy (non-hydrogen) atoms. The van der Waals surface area contributed by atoms with Crippen LogP contribution in [0.25, 0.3) is 0 Å². The van der Waals surface area contributed by atoms with Crippen molar-refractivity contribution in [2.45, 2.75) is 63.5 Å². The van der Waals surface area contributed by atoms with Gasteiger partial charge in [-0.05, 0) is 64.3 Å². The zero-order valence-corrected chi connectivity index (χ0v) is 13.1. The first-order valence-electron chi connectivity index (χ1n) is 8.51. The number of rotatable bonds is 6. The number of aliphatic hydroxyl groups excluding tert-OH is 1. The van der Waals surface area contributed by atoms with Crippen molar-refractivity contribution in [1.29, 1.82) is 0 Å². The summed E-state index contributed by atoms with van der Waals surface area (Å²) in [5.74, 6) is 0.842. The van der Waals surface area contributed by atoms with Crippen molar-refractivity contribution < 1.29 is 9.90 Å². The Morgan fingerprint density at radius 1 is 1.33 bits per heavy atom. The average Bonchev–Trinajstić information content (AvgIpc) is 3.23. The van der Waals surface area contributed by atoms with Crippen molar-refractivity contribution in [3.05, 3.63) is 11.8 Å². The van der Waals surface area contributed by atoms with Gasteiger partial charge in [-0.2, -0.15) is 0 Å². The summed E-state index contributed by atoms with van der Waals surface area (Å²) in [6, 6.07) is 0.473. The molecule has 0 radical (unpaired) electrons. The van der Waals surface area contributed by atoms with Gasteiger partial charge in [0.2, 0.25) is 5.91 Å². The Bertz CT molecular complexity index is 411. The molecule has 1 amide bonds. The maximum absolute atomic E-state index is 12.7. The van der Waals surface area contributed by atoms with Crippen LogP contribution in [0.2, 0.25) is 0 Å². The van der Waals surface area contributed by atoms with Gasteiger partial charge >= 0.3 is 0 Å². The van der Waals surface area contributed by atoms with Crippen molar-refractivity contribution in [3.8, 4) is 0 Å². The van der Waals surface area contributed by atoms with Crippen LogP contribution in [0.1, 0.15) is 51.4 Å². The smallest absolute Gasteiger partial charge is 0.241 e. The van der Waals surface area contributed by atoms with Gasteiger partial charge in [0.1, 0.15) is 0 Å². The van der Waals surface area contributed by atoms with Crippen LogP contribution < -0.4 is 0 Å². The number of aliphatic hydroxyl groups is 1. The molecule has 3 rings (SSSR count). The minimum atomic E-state index is -0.102. The van der Waals surface area contributed by atoms with Crippen LogP contribution in [-0.2, 0) is 4.79 Å². The highest BCUT2D eigenvalue weighted by atomic mass is 16.3. The van der Waals surface area contributed by atoms with Crippen molar-refractivity contribution >= 4 is 5.91 Å². The molecule has 0 aromatic rings. The third-order valence-electron chi connectivity index (χ3n) is 4.94. The summed E-state index contributed by atoms with van der Waals surface area (Å²) in [4.78, 5) is 16.9. The molecule has 0 heterocycles. The number of likely N-dealkylation sites (N-methyl/N-ethyl adjacent to an activating group) is 1. The maximum Gasteiger partial charge on any atom is 0.241 e. The molecule has 0 saturated heterocycles. The second-order valence-electron chi connectivity index (χ2n) is 7.12. The van der Waals surface area contributed by atoms with Crippen LogP contribution in [0, 0.1) is 5.92 Å². The average molecular weight is 292 g/mol. The van der Waals surface area contributed by atoms with E-state index in [1.54, 1.807) is 0 Å². The molecule has 118 valence electrons. The fraction of sp³-hybridized carbons (Fsp3) is 0.824. The number of hydrogen-bond acceptors (Lipinski definition) is 3. The molecule has 0 aliphatic heterocycles. The molecule has 2 saturated carbocycles. The third-order valence-corrected chi connectivity index (χ3v) is 4.94. The fourth-order valence-electron chi connectivity index (χ4n) is 3.63. The molecule has 4 heteroatoms. The van der Waals surface area contributed by atoms with Gasteiger partial charge in [-0.25, -0.2) is 0 Å². The molecule has 0 spiro atoms. The Kier molecular flexibility index (Phi) is 4.65. The van der Waals surface area contributed by atoms with E-state index in [1.165, 1.54) is 31.4 Å². The molecule has 0 bridgehead atoms. The lowest BCUT2D eigenvalue weighted by Crippen LogP contribution is -2.43. The third kappa shape index (κ3) is 3.86. The van der Waals surface area contributed by atoms with Gasteiger partial charge in [-0.3, -0.25) is 9.69 Å². The summed E-state index contributed by atoms with van der Waals surface area (Å²) in [6.07, 6.45) is 11.0. The van der Waals surface area contributed by atoms with E-state index < -0.39 is 0 Å². The maximum atomic E-state index is 12.7. The van der Waals surface area contributed by atoms with E-state index in [4.69, 9.17) is 0 Å². The van der Waals surface area contributed by atoms with Gasteiger partial charge in [-0.1, -0.05) is 6.08 Å². The first-order chi connectivity index (χ1) is 10.1. The molecule has 4 nitrogen and oxygen atoms in total. The standard InChI is InChI=1S/C17H28N2O2/c1-18(11-13-9-16(20)10-13)12-17(21)19(15-7-8-15)14-5-3-2-4-6-14/h5,13,15-16,20H,2-4,6-12H2,1H3. The van der Waals surface area contributed by atoms with Crippen molar-refractivity contribution in [3.63, 3.8) is 0 Å². The second kappa shape index (κ2) is 6.49. The van der Waals surface area contributed by atoms with Crippen molar-refractivity contribution in [1.82, 2.24) is 9.80 Å². The van der Waals surface area contributed by atoms with E-state index in [0.717, 1.165) is 32.2 Å². The highest BCUT2D eigenvalue weighted by molar-refractivity contribution is 5.80. The van der Waals surface area contributed by atoms with Crippen LogP contribution in [-0.4, -0.2) is 53.1 Å². The first-order valence-corrected chi connectivity index (χ1v) is 8.51. The van der Waals surface area contributed by atoms with E-state index in [1.807, 2.05) is 7.05 Å². The predicted octanol–water partition coefficient (Wildman–Crippen LogP) is 2.14. The van der Waals surface area contributed by atoms with E-state index >= 15 is 0 Å². The number of carbonyl (C=O) groups excluding carboxylic acids is 1. The largest absolute Gasteiger partial charge is 0.393 e. The first kappa shape index (κ1) is 15.0. The molecule has 3 aliphatic rings. The zero-order valence-electron chi connectivity index (χ0n) is 13.1. The lowest BCUT2D eigenvalue weighted by atomic mass is 9.82. The lowest BCUT2D eigenvalue weighted by Gasteiger charge is -2.35. The normalized spacial score (nSPS) is 29.0. The lowest BCUT2D eigenvalue weighted by molar-refractivity contribution is -0.131. The number of amides is 1. The number of nitrogens with zero attached hydrogens (tertiary/aromatic N) is 2. The van der Waals surface area contributed by atoms with Gasteiger partial charge in [0.15, 0.2) is 0 Å². The van der Waals surface area contributed by atoms with Crippen LogP contribution >= 0.6 is 0 Å². The summed E-state index contributed by atoms with van der Waals surface area (Å²) in [6.45, 7) is 1.45. The summed E-state index contributed by atoms with van der Waals surface area (Å²) in [5.41, 5.74) is 1.28. The summed E-state index contributed by atoms with van der Waals surface area (Å²) in [7, 11) is 2.03. The summed E-state index contributed by atoms with van der Waals surface area (Å²) >= 11 is 0. The number of carbonyl (C=O) groups is 1. The molecular formula is C17H28N2O2. The molecule has 0 unspecified atom stereocenters. The van der Waals surface area contributed by atoms with Crippen molar-refractivity contribution in [2.75, 3.05) is 20.1 Å². The SMILES string of the molecule is CN(CC(=O)N(C1=CCCCC1)C1CC1)CC1CC(O)C1. The number of allylic oxidation sites excluding steroid dienone is 2. The highest BCUT2D eigenvalue weighted by Gasteiger charge is 2.35. The Labute approximate surface area is 127 Å². The monoisotopic (exact) mass is 292 g/mol. The van der Waals surface area contributed by atoms with Gasteiger partial charge in [0.25, 0.3) is 0 Å². The van der Waals surface area contributed by atoms with E-state index in [-0.39, 0.29) is 12.0 Å². The fourth-order valence-corrected chi connectivity index (χ4v) is 3.63. The van der Waals surface area contributed by atoms with E-state index in [2.05, 4.69) is 15.9 Å². The van der Waals surface area contributed by atoms with Gasteiger partial charge in [0, 0.05) is 18.3 Å². The van der Waals surface area contributed by atoms with E-state index in [0.29, 0.717) is 18.5 Å². The molecule has 2 fully saturated rings. The van der Waals surface area contributed by atoms with Crippen LogP contribution in [0.15, 0.2) is 11.8 Å². The Morgan fingerprint density at radius 3 is 2.67 bits per heavy atom. The molecule has 3 aliphatic carbocycles. The van der Waals surface area contributed by atoms with Crippen LogP contribution in [0.4, 0.5) is 0 Å². The topological polar surface area (TPSA) is 43.8 Å². The quantitative estimate of drug-likeness (QED) is 0.815. The minimum Gasteiger partial charge on any atom is -0.393 e. The number of hydrogen-bond donors (Lipinski definition) is 1. The zero-order chi connectivity index (χ0) is 14.8. The van der Waals surface area contributed by atoms with Crippen LogP contribution in [0.3, 0.4) is 0 Å². The summed E-state index contributed by atoms with van der Waals surface area (Å²) in [5, 5.41) is 9.35. The van der Waals surface area contributed by atoms with Crippen LogP contribution in [0.5, 0.6) is 0 Å². The minimum absolute atomic E-state index is 0.102. The Hall–Kier alpha value is -0.870. The van der Waals surface area contributed by atoms with E-state index in [9.17, 15) is 9.90 Å². The molecule has 0 aromatic carbocycles. The molecular weight excluding hydrogens is 264 g/mol. The highest BCUT2D eigenvalue weighted by Crippen LogP contribution is 2.34. The molecule has 1 N–H and O–H groups in total. The molecule has 0 aromatic heterocycles. The second-order valence-corrected chi connectivity index (χ2v) is 7.12. The van der Waals surface area contributed by atoms with Crippen molar-refractivity contribution in [2.24, 2.45) is 5.92 Å². The summed E-state index contributed by atoms with van der Waals surface area (Å²) < 4.78 is 0. The predicted molar refractivity (Wildman–Crippen MR) is 82.6 cm³/mol. The Morgan fingerprint density at radius 2 is 2.10 bits per heavy atom. The van der Waals surface area contributed by atoms with Gasteiger partial charge < -0.3 is 10.0 Å². The Balaban J connectivity index is 1.53.